The van der Waals surface area contributed by atoms with E-state index in [1.54, 1.807) is 10.9 Å². The van der Waals surface area contributed by atoms with Crippen molar-refractivity contribution in [2.24, 2.45) is 4.40 Å². The zero-order valence-corrected chi connectivity index (χ0v) is 15.7. The van der Waals surface area contributed by atoms with Crippen LogP contribution in [0.25, 0.3) is 5.69 Å². The molecule has 1 aromatic heterocycles. The van der Waals surface area contributed by atoms with E-state index in [4.69, 9.17) is 16.3 Å². The molecule has 128 valence electrons. The average molecular weight is 366 g/mol. The lowest BCUT2D eigenvalue weighted by molar-refractivity contribution is 0.147. The Morgan fingerprint density at radius 1 is 1.33 bits per heavy atom. The summed E-state index contributed by atoms with van der Waals surface area (Å²) in [7, 11) is 0. The third-order valence-electron chi connectivity index (χ3n) is 3.77. The molecule has 0 fully saturated rings. The van der Waals surface area contributed by atoms with Crippen LogP contribution in [0.1, 0.15) is 37.6 Å². The van der Waals surface area contributed by atoms with Crippen molar-refractivity contribution in [2.45, 2.75) is 39.0 Å². The molecule has 2 aromatic rings. The number of hydrogen-bond donors (Lipinski definition) is 0. The monoisotopic (exact) mass is 365 g/mol. The quantitative estimate of drug-likeness (QED) is 0.763. The zero-order chi connectivity index (χ0) is 17.5. The van der Waals surface area contributed by atoms with E-state index < -0.39 is 16.1 Å². The summed E-state index contributed by atoms with van der Waals surface area (Å²) in [6.45, 7) is 8.43. The smallest absolute Gasteiger partial charge is 0.144 e. The van der Waals surface area contributed by atoms with Crippen LogP contribution in [0.5, 0.6) is 0 Å². The minimum absolute atomic E-state index is 0.335. The molecule has 0 unspecified atom stereocenters. The van der Waals surface area contributed by atoms with Gasteiger partial charge in [-0.05, 0) is 39.3 Å². The van der Waals surface area contributed by atoms with Crippen molar-refractivity contribution in [3.05, 3.63) is 46.2 Å². The highest BCUT2D eigenvalue weighted by molar-refractivity contribution is 7.91. The second kappa shape index (κ2) is 6.52. The lowest BCUT2D eigenvalue weighted by Gasteiger charge is -2.21. The van der Waals surface area contributed by atoms with Gasteiger partial charge < -0.3 is 9.29 Å². The van der Waals surface area contributed by atoms with Crippen LogP contribution in [-0.4, -0.2) is 31.4 Å². The fourth-order valence-electron chi connectivity index (χ4n) is 2.47. The molecule has 2 heterocycles. The Labute approximate surface area is 150 Å². The molecule has 1 atom stereocenters. The highest BCUT2D eigenvalue weighted by Gasteiger charge is 2.30. The van der Waals surface area contributed by atoms with Crippen LogP contribution < -0.4 is 0 Å². The molecule has 1 aromatic carbocycles. The highest BCUT2D eigenvalue weighted by Crippen LogP contribution is 2.29. The second-order valence-corrected chi connectivity index (χ2v) is 9.03. The summed E-state index contributed by atoms with van der Waals surface area (Å²) >= 11 is 5.02. The van der Waals surface area contributed by atoms with Crippen LogP contribution >= 0.6 is 11.6 Å². The number of aromatic nitrogens is 2. The molecule has 1 aliphatic rings. The summed E-state index contributed by atoms with van der Waals surface area (Å²) in [5, 5.41) is 5.11. The van der Waals surface area contributed by atoms with Gasteiger partial charge in [-0.3, -0.25) is 0 Å². The number of halogens is 1. The zero-order valence-electron chi connectivity index (χ0n) is 14.2. The van der Waals surface area contributed by atoms with Gasteiger partial charge in [-0.1, -0.05) is 28.1 Å². The minimum Gasteiger partial charge on any atom is -0.591 e. The Morgan fingerprint density at radius 2 is 2.08 bits per heavy atom. The Bertz CT molecular complexity index is 775. The van der Waals surface area contributed by atoms with Crippen molar-refractivity contribution in [3.8, 4) is 5.69 Å². The van der Waals surface area contributed by atoms with Crippen LogP contribution in [0.15, 0.2) is 28.8 Å². The average Bonchev–Trinajstić information content (AvgIpc) is 2.91. The van der Waals surface area contributed by atoms with Crippen LogP contribution in [0.2, 0.25) is 5.02 Å². The Kier molecular flexibility index (Phi) is 4.75. The first kappa shape index (κ1) is 17.5. The van der Waals surface area contributed by atoms with E-state index in [2.05, 4.69) is 9.50 Å². The number of ether oxygens (including phenoxy) is 1. The summed E-state index contributed by atoms with van der Waals surface area (Å²) in [4.78, 5) is 0. The molecular weight excluding hydrogens is 346 g/mol. The van der Waals surface area contributed by atoms with E-state index in [-0.39, 0.29) is 0 Å². The molecule has 0 radical (unpaired) electrons. The van der Waals surface area contributed by atoms with Crippen molar-refractivity contribution in [1.82, 2.24) is 9.78 Å². The summed E-state index contributed by atoms with van der Waals surface area (Å²) in [5.74, 6) is 0. The second-order valence-electron chi connectivity index (χ2n) is 6.71. The molecule has 0 saturated carbocycles. The number of rotatable bonds is 2. The van der Waals surface area contributed by atoms with Gasteiger partial charge in [0, 0.05) is 5.56 Å². The van der Waals surface area contributed by atoms with E-state index in [1.807, 2.05) is 45.9 Å². The molecule has 3 rings (SSSR count). The molecule has 0 amide bonds. The van der Waals surface area contributed by atoms with Gasteiger partial charge in [-0.25, -0.2) is 4.68 Å². The van der Waals surface area contributed by atoms with Gasteiger partial charge in [-0.2, -0.15) is 5.10 Å². The minimum atomic E-state index is -1.34. The number of benzene rings is 1. The van der Waals surface area contributed by atoms with E-state index in [0.29, 0.717) is 23.9 Å². The van der Waals surface area contributed by atoms with Crippen molar-refractivity contribution in [3.63, 3.8) is 0 Å². The van der Waals surface area contributed by atoms with Gasteiger partial charge in [0.05, 0.1) is 35.8 Å². The lowest BCUT2D eigenvalue weighted by atomic mass is 10.1. The van der Waals surface area contributed by atoms with Gasteiger partial charge in [0.2, 0.25) is 0 Å². The molecule has 0 saturated heterocycles. The third-order valence-corrected chi connectivity index (χ3v) is 5.51. The van der Waals surface area contributed by atoms with Crippen molar-refractivity contribution >= 4 is 28.7 Å². The number of nitrogens with zero attached hydrogens (tertiary/aromatic N) is 3. The standard InChI is InChI=1S/C17H20ClN3O2S/c1-11-6-5-7-13(18)16(11)21-15-10-23-9-14(12(15)8-19-21)20-24(22)17(2,3)4/h5-8H,9-10H2,1-4H3/b20-14+/t24-/m0/s1. The van der Waals surface area contributed by atoms with E-state index >= 15 is 0 Å². The molecule has 0 N–H and O–H groups in total. The van der Waals surface area contributed by atoms with Gasteiger partial charge in [0.25, 0.3) is 0 Å². The normalized spacial score (nSPS) is 17.8. The van der Waals surface area contributed by atoms with E-state index in [9.17, 15) is 4.55 Å². The van der Waals surface area contributed by atoms with Gasteiger partial charge >= 0.3 is 0 Å². The number of fused-ring (bicyclic) bond motifs is 1. The van der Waals surface area contributed by atoms with Crippen molar-refractivity contribution in [1.29, 1.82) is 0 Å². The highest BCUT2D eigenvalue weighted by atomic mass is 35.5. The van der Waals surface area contributed by atoms with Crippen LogP contribution in [-0.2, 0) is 22.7 Å². The van der Waals surface area contributed by atoms with E-state index in [1.165, 1.54) is 0 Å². The van der Waals surface area contributed by atoms with Crippen molar-refractivity contribution < 1.29 is 9.29 Å². The molecule has 24 heavy (non-hydrogen) atoms. The molecule has 0 spiro atoms. The maximum atomic E-state index is 12.3. The van der Waals surface area contributed by atoms with Gasteiger partial charge in [0.1, 0.15) is 21.8 Å². The predicted molar refractivity (Wildman–Crippen MR) is 97.4 cm³/mol. The van der Waals surface area contributed by atoms with Crippen LogP contribution in [0.4, 0.5) is 0 Å². The predicted octanol–water partition coefficient (Wildman–Crippen LogP) is 3.62. The van der Waals surface area contributed by atoms with Gasteiger partial charge in [-0.15, -0.1) is 0 Å². The Hall–Kier alpha value is -1.34. The van der Waals surface area contributed by atoms with Crippen LogP contribution in [0, 0.1) is 6.92 Å². The maximum Gasteiger partial charge on any atom is 0.144 e. The fourth-order valence-corrected chi connectivity index (χ4v) is 3.40. The maximum absolute atomic E-state index is 12.3. The molecule has 5 nitrogen and oxygen atoms in total. The first-order valence-electron chi connectivity index (χ1n) is 7.69. The molecule has 1 aliphatic heterocycles. The number of hydrogen-bond acceptors (Lipinski definition) is 4. The Morgan fingerprint density at radius 3 is 2.75 bits per heavy atom. The molecule has 0 aliphatic carbocycles. The Balaban J connectivity index is 2.07. The molecule has 7 heteroatoms. The summed E-state index contributed by atoms with van der Waals surface area (Å²) in [5.41, 5.74) is 4.28. The largest absolute Gasteiger partial charge is 0.591 e. The summed E-state index contributed by atoms with van der Waals surface area (Å²) < 4.78 is 23.8. The first-order chi connectivity index (χ1) is 11.3. The van der Waals surface area contributed by atoms with E-state index in [0.717, 1.165) is 22.5 Å². The third kappa shape index (κ3) is 3.24. The van der Waals surface area contributed by atoms with Gasteiger partial charge in [0.15, 0.2) is 0 Å². The first-order valence-corrected chi connectivity index (χ1v) is 9.17. The number of aryl methyl sites for hydroxylation is 1. The topological polar surface area (TPSA) is 62.5 Å². The molecule has 0 bridgehead atoms. The fraction of sp³-hybridized carbons (Fsp3) is 0.412. The molecular formula is C17H20ClN3O2S. The SMILES string of the molecule is Cc1cccc(Cl)c1-n1ncc2c1COC/C2=N\[S@@+]([O-])C(C)(C)C. The summed E-state index contributed by atoms with van der Waals surface area (Å²) in [6.07, 6.45) is 1.75. The summed E-state index contributed by atoms with van der Waals surface area (Å²) in [6, 6.07) is 5.74. The van der Waals surface area contributed by atoms with Crippen LogP contribution in [0.3, 0.4) is 0 Å². The number of para-hydroxylation sites is 1. The van der Waals surface area contributed by atoms with Crippen molar-refractivity contribution in [2.75, 3.05) is 6.61 Å². The lowest BCUT2D eigenvalue weighted by Crippen LogP contribution is -2.29.